The minimum absolute atomic E-state index is 0.827. The van der Waals surface area contributed by atoms with E-state index in [0.29, 0.717) is 0 Å². The highest BCUT2D eigenvalue weighted by Crippen LogP contribution is 2.39. The number of hydrogen-bond donors (Lipinski definition) is 0. The van der Waals surface area contributed by atoms with Crippen LogP contribution in [-0.2, 0) is 0 Å². The van der Waals surface area contributed by atoms with Gasteiger partial charge in [0.1, 0.15) is 0 Å². The molecular weight excluding hydrogens is 156 g/mol. The summed E-state index contributed by atoms with van der Waals surface area (Å²) in [5.74, 6) is 1.69. The van der Waals surface area contributed by atoms with E-state index in [4.69, 9.17) is 0 Å². The van der Waals surface area contributed by atoms with Gasteiger partial charge >= 0.3 is 0 Å². The van der Waals surface area contributed by atoms with Gasteiger partial charge in [0.15, 0.2) is 0 Å². The van der Waals surface area contributed by atoms with Gasteiger partial charge in [-0.3, -0.25) is 0 Å². The lowest BCUT2D eigenvalue weighted by atomic mass is 9.74. The van der Waals surface area contributed by atoms with E-state index in [1.54, 1.807) is 11.1 Å². The van der Waals surface area contributed by atoms with Crippen molar-refractivity contribution in [1.29, 1.82) is 0 Å². The molecule has 0 aromatic carbocycles. The zero-order chi connectivity index (χ0) is 9.26. The molecule has 0 unspecified atom stereocenters. The largest absolute Gasteiger partial charge is 0.0839 e. The Kier molecular flexibility index (Phi) is 2.57. The van der Waals surface area contributed by atoms with Gasteiger partial charge in [0.05, 0.1) is 0 Å². The lowest BCUT2D eigenvalue weighted by Gasteiger charge is -2.31. The third kappa shape index (κ3) is 1.72. The van der Waals surface area contributed by atoms with Gasteiger partial charge in [-0.05, 0) is 49.5 Å². The first kappa shape index (κ1) is 9.05. The van der Waals surface area contributed by atoms with Gasteiger partial charge in [0, 0.05) is 0 Å². The summed E-state index contributed by atoms with van der Waals surface area (Å²) in [7, 11) is 0. The maximum absolute atomic E-state index is 2.41. The SMILES string of the molecule is CC(C)[C@H]1CCCC2=C1C=CCC2. The van der Waals surface area contributed by atoms with Crippen LogP contribution in [0.2, 0.25) is 0 Å². The van der Waals surface area contributed by atoms with Crippen LogP contribution in [0.4, 0.5) is 0 Å². The Morgan fingerprint density at radius 2 is 2.15 bits per heavy atom. The summed E-state index contributed by atoms with van der Waals surface area (Å²) in [6.07, 6.45) is 11.6. The molecule has 0 spiro atoms. The van der Waals surface area contributed by atoms with Crippen molar-refractivity contribution in [2.45, 2.75) is 46.0 Å². The van der Waals surface area contributed by atoms with Crippen LogP contribution in [0.3, 0.4) is 0 Å². The van der Waals surface area contributed by atoms with Crippen LogP contribution < -0.4 is 0 Å². The Morgan fingerprint density at radius 3 is 2.92 bits per heavy atom. The van der Waals surface area contributed by atoms with Gasteiger partial charge in [-0.2, -0.15) is 0 Å². The molecule has 2 aliphatic carbocycles. The fourth-order valence-electron chi connectivity index (χ4n) is 2.77. The fraction of sp³-hybridized carbons (Fsp3) is 0.692. The quantitative estimate of drug-likeness (QED) is 0.564. The Hall–Kier alpha value is -0.520. The van der Waals surface area contributed by atoms with E-state index < -0.39 is 0 Å². The molecule has 0 saturated carbocycles. The molecule has 0 heteroatoms. The first-order valence-corrected chi connectivity index (χ1v) is 5.67. The normalized spacial score (nSPS) is 28.1. The van der Waals surface area contributed by atoms with Crippen LogP contribution in [0.1, 0.15) is 46.0 Å². The van der Waals surface area contributed by atoms with Crippen LogP contribution in [0.15, 0.2) is 23.3 Å². The molecule has 0 saturated heterocycles. The van der Waals surface area contributed by atoms with Gasteiger partial charge in [-0.15, -0.1) is 0 Å². The second-order valence-corrected chi connectivity index (χ2v) is 4.74. The third-order valence-electron chi connectivity index (χ3n) is 3.52. The van der Waals surface area contributed by atoms with Gasteiger partial charge in [0.25, 0.3) is 0 Å². The highest BCUT2D eigenvalue weighted by Gasteiger charge is 2.24. The van der Waals surface area contributed by atoms with Crippen molar-refractivity contribution in [3.05, 3.63) is 23.3 Å². The molecule has 0 aromatic heterocycles. The van der Waals surface area contributed by atoms with Gasteiger partial charge in [0.2, 0.25) is 0 Å². The second-order valence-electron chi connectivity index (χ2n) is 4.74. The topological polar surface area (TPSA) is 0 Å². The average Bonchev–Trinajstić information content (AvgIpc) is 2.17. The smallest absolute Gasteiger partial charge is 0.0139 e. The minimum atomic E-state index is 0.827. The average molecular weight is 176 g/mol. The molecule has 2 rings (SSSR count). The van der Waals surface area contributed by atoms with Crippen LogP contribution in [0.5, 0.6) is 0 Å². The van der Waals surface area contributed by atoms with Crippen molar-refractivity contribution in [2.24, 2.45) is 11.8 Å². The summed E-state index contributed by atoms with van der Waals surface area (Å²) in [4.78, 5) is 0. The molecular formula is C13H20. The van der Waals surface area contributed by atoms with Gasteiger partial charge in [-0.1, -0.05) is 31.6 Å². The Morgan fingerprint density at radius 1 is 1.31 bits per heavy atom. The molecule has 13 heavy (non-hydrogen) atoms. The number of rotatable bonds is 1. The molecule has 72 valence electrons. The molecule has 0 bridgehead atoms. The van der Waals surface area contributed by atoms with E-state index in [0.717, 1.165) is 11.8 Å². The summed E-state index contributed by atoms with van der Waals surface area (Å²) < 4.78 is 0. The van der Waals surface area contributed by atoms with E-state index in [-0.39, 0.29) is 0 Å². The number of allylic oxidation sites excluding steroid dienone is 4. The molecule has 0 aromatic rings. The summed E-state index contributed by atoms with van der Waals surface area (Å²) >= 11 is 0. The molecule has 0 radical (unpaired) electrons. The van der Waals surface area contributed by atoms with Crippen molar-refractivity contribution in [2.75, 3.05) is 0 Å². The summed E-state index contributed by atoms with van der Waals surface area (Å²) in [6.45, 7) is 4.73. The standard InChI is InChI=1S/C13H20/c1-10(2)12-9-5-7-11-6-3-4-8-13(11)12/h4,8,10,12H,3,5-7,9H2,1-2H3/t12-/m1/s1. The molecule has 1 atom stereocenters. The Labute approximate surface area is 81.7 Å². The summed E-state index contributed by atoms with van der Waals surface area (Å²) in [5.41, 5.74) is 3.47. The Bertz CT molecular complexity index is 243. The second kappa shape index (κ2) is 3.69. The van der Waals surface area contributed by atoms with Crippen LogP contribution in [0.25, 0.3) is 0 Å². The predicted molar refractivity (Wildman–Crippen MR) is 57.6 cm³/mol. The fourth-order valence-corrected chi connectivity index (χ4v) is 2.77. The van der Waals surface area contributed by atoms with Gasteiger partial charge < -0.3 is 0 Å². The summed E-state index contributed by atoms with van der Waals surface area (Å²) in [6, 6.07) is 0. The highest BCUT2D eigenvalue weighted by molar-refractivity contribution is 5.33. The molecule has 0 heterocycles. The lowest BCUT2D eigenvalue weighted by molar-refractivity contribution is 0.385. The van der Waals surface area contributed by atoms with E-state index in [1.807, 2.05) is 0 Å². The molecule has 0 amide bonds. The van der Waals surface area contributed by atoms with Crippen LogP contribution >= 0.6 is 0 Å². The molecule has 0 N–H and O–H groups in total. The van der Waals surface area contributed by atoms with E-state index in [9.17, 15) is 0 Å². The first-order chi connectivity index (χ1) is 6.29. The van der Waals surface area contributed by atoms with E-state index in [1.165, 1.54) is 32.1 Å². The van der Waals surface area contributed by atoms with Gasteiger partial charge in [-0.25, -0.2) is 0 Å². The molecule has 0 nitrogen and oxygen atoms in total. The molecule has 0 fully saturated rings. The molecule has 2 aliphatic rings. The lowest BCUT2D eigenvalue weighted by Crippen LogP contribution is -2.18. The minimum Gasteiger partial charge on any atom is -0.0839 e. The zero-order valence-corrected chi connectivity index (χ0v) is 8.84. The molecule has 0 aliphatic heterocycles. The van der Waals surface area contributed by atoms with Crippen LogP contribution in [0, 0.1) is 11.8 Å². The predicted octanol–water partition coefficient (Wildman–Crippen LogP) is 4.09. The number of hydrogen-bond acceptors (Lipinski definition) is 0. The third-order valence-corrected chi connectivity index (χ3v) is 3.52. The Balaban J connectivity index is 2.25. The maximum Gasteiger partial charge on any atom is -0.0139 e. The van der Waals surface area contributed by atoms with E-state index in [2.05, 4.69) is 26.0 Å². The van der Waals surface area contributed by atoms with Crippen molar-refractivity contribution >= 4 is 0 Å². The highest BCUT2D eigenvalue weighted by atomic mass is 14.3. The summed E-state index contributed by atoms with van der Waals surface area (Å²) in [5, 5.41) is 0. The van der Waals surface area contributed by atoms with Crippen molar-refractivity contribution in [3.8, 4) is 0 Å². The van der Waals surface area contributed by atoms with Crippen molar-refractivity contribution < 1.29 is 0 Å². The monoisotopic (exact) mass is 176 g/mol. The first-order valence-electron chi connectivity index (χ1n) is 5.67. The zero-order valence-electron chi connectivity index (χ0n) is 8.84. The maximum atomic E-state index is 2.41. The van der Waals surface area contributed by atoms with Crippen LogP contribution in [-0.4, -0.2) is 0 Å². The van der Waals surface area contributed by atoms with Crippen molar-refractivity contribution in [1.82, 2.24) is 0 Å². The van der Waals surface area contributed by atoms with E-state index >= 15 is 0 Å². The van der Waals surface area contributed by atoms with Crippen molar-refractivity contribution in [3.63, 3.8) is 0 Å².